The van der Waals surface area contributed by atoms with Gasteiger partial charge in [0.25, 0.3) is 0 Å². The summed E-state index contributed by atoms with van der Waals surface area (Å²) in [5.74, 6) is 1.12. The van der Waals surface area contributed by atoms with E-state index < -0.39 is 0 Å². The van der Waals surface area contributed by atoms with Gasteiger partial charge in [0.05, 0.1) is 0 Å². The topological polar surface area (TPSA) is 25.8 Å². The van der Waals surface area contributed by atoms with E-state index in [9.17, 15) is 0 Å². The molecule has 2 rings (SSSR count). The largest absolute Gasteiger partial charge is 0.230 e. The molecule has 0 amide bonds. The molecule has 0 saturated carbocycles. The van der Waals surface area contributed by atoms with Crippen LogP contribution in [0.15, 0.2) is 47.9 Å². The van der Waals surface area contributed by atoms with E-state index in [2.05, 4.69) is 29.0 Å². The van der Waals surface area contributed by atoms with Gasteiger partial charge in [0, 0.05) is 23.7 Å². The first-order valence-electron chi connectivity index (χ1n) is 7.90. The molecule has 0 aliphatic rings. The Morgan fingerprint density at radius 2 is 1.48 bits per heavy atom. The van der Waals surface area contributed by atoms with Crippen LogP contribution in [0.25, 0.3) is 11.1 Å². The summed E-state index contributed by atoms with van der Waals surface area (Å²) in [6.07, 6.45) is 11.9. The monoisotopic (exact) mass is 300 g/mol. The molecule has 0 saturated heterocycles. The molecule has 1 aromatic heterocycles. The first kappa shape index (κ1) is 16.0. The lowest BCUT2D eigenvalue weighted by Gasteiger charge is -2.03. The van der Waals surface area contributed by atoms with Crippen LogP contribution in [0.3, 0.4) is 0 Å². The summed E-state index contributed by atoms with van der Waals surface area (Å²) < 4.78 is 0. The van der Waals surface area contributed by atoms with Gasteiger partial charge < -0.3 is 0 Å². The highest BCUT2D eigenvalue weighted by Crippen LogP contribution is 2.20. The highest BCUT2D eigenvalue weighted by Gasteiger charge is 2.01. The predicted molar refractivity (Wildman–Crippen MR) is 91.6 cm³/mol. The number of aromatic nitrogens is 2. The van der Waals surface area contributed by atoms with Crippen molar-refractivity contribution in [1.82, 2.24) is 9.97 Å². The van der Waals surface area contributed by atoms with Crippen molar-refractivity contribution in [2.24, 2.45) is 0 Å². The van der Waals surface area contributed by atoms with Crippen LogP contribution >= 0.6 is 11.8 Å². The zero-order valence-electron chi connectivity index (χ0n) is 12.8. The Hall–Kier alpha value is -1.35. The minimum Gasteiger partial charge on any atom is -0.230 e. The molecule has 2 nitrogen and oxygen atoms in total. The fraction of sp³-hybridized carbons (Fsp3) is 0.444. The summed E-state index contributed by atoms with van der Waals surface area (Å²) in [7, 11) is 0. The maximum atomic E-state index is 4.45. The highest BCUT2D eigenvalue weighted by molar-refractivity contribution is 7.99. The van der Waals surface area contributed by atoms with E-state index in [4.69, 9.17) is 0 Å². The summed E-state index contributed by atoms with van der Waals surface area (Å²) in [5, 5.41) is 0.892. The van der Waals surface area contributed by atoms with E-state index in [0.717, 1.165) is 16.5 Å². The quantitative estimate of drug-likeness (QED) is 0.342. The van der Waals surface area contributed by atoms with Crippen molar-refractivity contribution in [3.05, 3.63) is 42.7 Å². The van der Waals surface area contributed by atoms with Crippen LogP contribution in [0.5, 0.6) is 0 Å². The van der Waals surface area contributed by atoms with Gasteiger partial charge in [-0.05, 0) is 12.0 Å². The smallest absolute Gasteiger partial charge is 0.187 e. The van der Waals surface area contributed by atoms with Crippen molar-refractivity contribution in [2.75, 3.05) is 5.75 Å². The van der Waals surface area contributed by atoms with Crippen LogP contribution < -0.4 is 0 Å². The lowest BCUT2D eigenvalue weighted by atomic mass is 10.1. The lowest BCUT2D eigenvalue weighted by Crippen LogP contribution is -1.89. The van der Waals surface area contributed by atoms with Crippen LogP contribution in [0.2, 0.25) is 0 Å². The second-order valence-electron chi connectivity index (χ2n) is 5.24. The number of thioether (sulfide) groups is 1. The van der Waals surface area contributed by atoms with E-state index in [1.54, 1.807) is 11.8 Å². The average Bonchev–Trinajstić information content (AvgIpc) is 2.55. The third-order valence-electron chi connectivity index (χ3n) is 3.46. The van der Waals surface area contributed by atoms with Crippen LogP contribution in [-0.2, 0) is 0 Å². The van der Waals surface area contributed by atoms with Crippen LogP contribution in [-0.4, -0.2) is 15.7 Å². The molecule has 0 fully saturated rings. The van der Waals surface area contributed by atoms with Gasteiger partial charge in [-0.3, -0.25) is 0 Å². The fourth-order valence-electron chi connectivity index (χ4n) is 2.22. The molecule has 1 aromatic carbocycles. The standard InChI is InChI=1S/C18H24N2S/c1-2-3-4-5-6-10-13-21-18-19-14-17(15-20-18)16-11-8-7-9-12-16/h7-9,11-12,14-15H,2-6,10,13H2,1H3. The maximum Gasteiger partial charge on any atom is 0.187 e. The Kier molecular flexibility index (Phi) is 7.30. The molecule has 0 spiro atoms. The highest BCUT2D eigenvalue weighted by atomic mass is 32.2. The Morgan fingerprint density at radius 1 is 0.810 bits per heavy atom. The van der Waals surface area contributed by atoms with Crippen LogP contribution in [0, 0.1) is 0 Å². The van der Waals surface area contributed by atoms with Crippen molar-refractivity contribution in [3.8, 4) is 11.1 Å². The molecular formula is C18H24N2S. The van der Waals surface area contributed by atoms with E-state index in [1.165, 1.54) is 44.1 Å². The van der Waals surface area contributed by atoms with Crippen LogP contribution in [0.4, 0.5) is 0 Å². The average molecular weight is 300 g/mol. The van der Waals surface area contributed by atoms with Crippen molar-refractivity contribution in [2.45, 2.75) is 50.6 Å². The molecule has 2 aromatic rings. The Balaban J connectivity index is 1.71. The summed E-state index contributed by atoms with van der Waals surface area (Å²) >= 11 is 1.77. The number of hydrogen-bond donors (Lipinski definition) is 0. The van der Waals surface area contributed by atoms with E-state index >= 15 is 0 Å². The predicted octanol–water partition coefficient (Wildman–Crippen LogP) is 5.60. The first-order chi connectivity index (χ1) is 10.4. The molecule has 0 atom stereocenters. The Morgan fingerprint density at radius 3 is 2.19 bits per heavy atom. The summed E-state index contributed by atoms with van der Waals surface area (Å²) in [5.41, 5.74) is 2.25. The molecule has 0 aliphatic heterocycles. The van der Waals surface area contributed by atoms with E-state index in [0.29, 0.717) is 0 Å². The second kappa shape index (κ2) is 9.56. The molecule has 0 aliphatic carbocycles. The van der Waals surface area contributed by atoms with E-state index in [1.807, 2.05) is 30.6 Å². The van der Waals surface area contributed by atoms with Crippen LogP contribution in [0.1, 0.15) is 45.4 Å². The zero-order chi connectivity index (χ0) is 14.8. The second-order valence-corrected chi connectivity index (χ2v) is 6.30. The van der Waals surface area contributed by atoms with Gasteiger partial charge in [-0.25, -0.2) is 9.97 Å². The molecular weight excluding hydrogens is 276 g/mol. The molecule has 21 heavy (non-hydrogen) atoms. The minimum atomic E-state index is 0.892. The third kappa shape index (κ3) is 5.88. The molecule has 3 heteroatoms. The van der Waals surface area contributed by atoms with Gasteiger partial charge in [-0.1, -0.05) is 81.1 Å². The van der Waals surface area contributed by atoms with Gasteiger partial charge in [-0.15, -0.1) is 0 Å². The van der Waals surface area contributed by atoms with E-state index in [-0.39, 0.29) is 0 Å². The van der Waals surface area contributed by atoms with Gasteiger partial charge in [-0.2, -0.15) is 0 Å². The molecule has 112 valence electrons. The van der Waals surface area contributed by atoms with Crippen molar-refractivity contribution in [3.63, 3.8) is 0 Å². The summed E-state index contributed by atoms with van der Waals surface area (Å²) in [4.78, 5) is 8.91. The summed E-state index contributed by atoms with van der Waals surface area (Å²) in [6.45, 7) is 2.26. The Bertz CT molecular complexity index is 496. The third-order valence-corrected chi connectivity index (χ3v) is 4.43. The lowest BCUT2D eigenvalue weighted by molar-refractivity contribution is 0.627. The minimum absolute atomic E-state index is 0.892. The molecule has 1 heterocycles. The zero-order valence-corrected chi connectivity index (χ0v) is 13.6. The normalized spacial score (nSPS) is 10.7. The number of benzene rings is 1. The van der Waals surface area contributed by atoms with Gasteiger partial charge >= 0.3 is 0 Å². The fourth-order valence-corrected chi connectivity index (χ4v) is 3.00. The number of unbranched alkanes of at least 4 members (excludes halogenated alkanes) is 5. The van der Waals surface area contributed by atoms with Gasteiger partial charge in [0.1, 0.15) is 0 Å². The Labute approximate surface area is 132 Å². The number of rotatable bonds is 9. The summed E-state index contributed by atoms with van der Waals surface area (Å²) in [6, 6.07) is 10.3. The molecule has 0 radical (unpaired) electrons. The first-order valence-corrected chi connectivity index (χ1v) is 8.89. The number of hydrogen-bond acceptors (Lipinski definition) is 3. The van der Waals surface area contributed by atoms with Crippen molar-refractivity contribution < 1.29 is 0 Å². The molecule has 0 unspecified atom stereocenters. The molecule has 0 N–H and O–H groups in total. The van der Waals surface area contributed by atoms with Gasteiger partial charge in [0.15, 0.2) is 5.16 Å². The van der Waals surface area contributed by atoms with Crippen molar-refractivity contribution in [1.29, 1.82) is 0 Å². The van der Waals surface area contributed by atoms with Crippen molar-refractivity contribution >= 4 is 11.8 Å². The maximum absolute atomic E-state index is 4.45. The van der Waals surface area contributed by atoms with Gasteiger partial charge in [0.2, 0.25) is 0 Å². The molecule has 0 bridgehead atoms. The number of nitrogens with zero attached hydrogens (tertiary/aromatic N) is 2. The SMILES string of the molecule is CCCCCCCCSc1ncc(-c2ccccc2)cn1.